The van der Waals surface area contributed by atoms with Gasteiger partial charge in [-0.2, -0.15) is 0 Å². The van der Waals surface area contributed by atoms with Crippen molar-refractivity contribution < 1.29 is 4.74 Å². The topological polar surface area (TPSA) is 48.1 Å². The van der Waals surface area contributed by atoms with E-state index in [-0.39, 0.29) is 0 Å². The maximum atomic E-state index is 6.11. The summed E-state index contributed by atoms with van der Waals surface area (Å²) in [6.45, 7) is 4.57. The lowest BCUT2D eigenvalue weighted by Gasteiger charge is -2.10. The molecule has 2 aromatic rings. The van der Waals surface area contributed by atoms with Gasteiger partial charge in [0.05, 0.1) is 5.02 Å². The molecule has 19 heavy (non-hydrogen) atoms. The Bertz CT molecular complexity index is 584. The Morgan fingerprint density at radius 1 is 1.26 bits per heavy atom. The number of halogens is 1. The average Bonchev–Trinajstić information content (AvgIpc) is 2.37. The molecule has 0 aliphatic heterocycles. The monoisotopic (exact) mass is 276 g/mol. The van der Waals surface area contributed by atoms with Crippen molar-refractivity contribution in [3.63, 3.8) is 0 Å². The summed E-state index contributed by atoms with van der Waals surface area (Å²) >= 11 is 6.11. The van der Waals surface area contributed by atoms with Crippen LogP contribution in [-0.4, -0.2) is 11.5 Å². The van der Waals surface area contributed by atoms with Gasteiger partial charge in [0.2, 0.25) is 5.88 Å². The number of pyridine rings is 1. The summed E-state index contributed by atoms with van der Waals surface area (Å²) in [4.78, 5) is 4.33. The Morgan fingerprint density at radius 3 is 2.74 bits per heavy atom. The third-order valence-corrected chi connectivity index (χ3v) is 3.13. The fourth-order valence-corrected chi connectivity index (χ4v) is 1.98. The van der Waals surface area contributed by atoms with Gasteiger partial charge < -0.3 is 10.5 Å². The van der Waals surface area contributed by atoms with Gasteiger partial charge in [-0.15, -0.1) is 0 Å². The van der Waals surface area contributed by atoms with Crippen LogP contribution in [0, 0.1) is 13.8 Å². The van der Waals surface area contributed by atoms with E-state index >= 15 is 0 Å². The normalized spacial score (nSPS) is 10.5. The first-order valence-corrected chi connectivity index (χ1v) is 6.57. The van der Waals surface area contributed by atoms with Crippen molar-refractivity contribution in [2.75, 3.05) is 6.54 Å². The van der Waals surface area contributed by atoms with Crippen LogP contribution in [0.3, 0.4) is 0 Å². The highest BCUT2D eigenvalue weighted by molar-refractivity contribution is 6.32. The Hall–Kier alpha value is -1.58. The van der Waals surface area contributed by atoms with E-state index in [0.29, 0.717) is 23.2 Å². The highest BCUT2D eigenvalue weighted by Gasteiger charge is 2.08. The zero-order valence-electron chi connectivity index (χ0n) is 11.1. The van der Waals surface area contributed by atoms with Gasteiger partial charge in [-0.1, -0.05) is 17.7 Å². The highest BCUT2D eigenvalue weighted by atomic mass is 35.5. The number of rotatable bonds is 4. The minimum Gasteiger partial charge on any atom is -0.437 e. The highest BCUT2D eigenvalue weighted by Crippen LogP contribution is 2.30. The fraction of sp³-hybridized carbons (Fsp3) is 0.267. The van der Waals surface area contributed by atoms with E-state index < -0.39 is 0 Å². The summed E-state index contributed by atoms with van der Waals surface area (Å²) in [7, 11) is 0. The molecule has 0 bridgehead atoms. The van der Waals surface area contributed by atoms with Crippen LogP contribution in [0.15, 0.2) is 30.5 Å². The molecule has 0 saturated carbocycles. The molecule has 0 amide bonds. The smallest absolute Gasteiger partial charge is 0.222 e. The summed E-state index contributed by atoms with van der Waals surface area (Å²) in [6, 6.07) is 7.71. The van der Waals surface area contributed by atoms with Crippen LogP contribution >= 0.6 is 11.6 Å². The maximum Gasteiger partial charge on any atom is 0.222 e. The second kappa shape index (κ2) is 6.04. The number of ether oxygens (including phenoxy) is 1. The number of hydrogen-bond acceptors (Lipinski definition) is 3. The predicted molar refractivity (Wildman–Crippen MR) is 78.0 cm³/mol. The predicted octanol–water partition coefficient (Wildman–Crippen LogP) is 3.65. The van der Waals surface area contributed by atoms with Crippen LogP contribution in [0.2, 0.25) is 5.02 Å². The van der Waals surface area contributed by atoms with Crippen molar-refractivity contribution in [1.82, 2.24) is 4.98 Å². The van der Waals surface area contributed by atoms with E-state index in [1.54, 1.807) is 6.20 Å². The molecule has 0 aliphatic carbocycles. The lowest BCUT2D eigenvalue weighted by molar-refractivity contribution is 0.458. The molecule has 0 atom stereocenters. The number of nitrogens with zero attached hydrogens (tertiary/aromatic N) is 1. The number of aryl methyl sites for hydroxylation is 2. The number of hydrogen-bond donors (Lipinski definition) is 1. The molecule has 2 rings (SSSR count). The minimum absolute atomic E-state index is 0.577. The third kappa shape index (κ3) is 3.46. The van der Waals surface area contributed by atoms with E-state index in [1.807, 2.05) is 38.1 Å². The SMILES string of the molecule is Cc1ccc(Cl)c(Oc2ncc(CCN)cc2C)c1. The van der Waals surface area contributed by atoms with Crippen LogP contribution in [0.5, 0.6) is 11.6 Å². The molecule has 0 fully saturated rings. The third-order valence-electron chi connectivity index (χ3n) is 2.81. The first-order valence-electron chi connectivity index (χ1n) is 6.19. The fourth-order valence-electron chi connectivity index (χ4n) is 1.82. The van der Waals surface area contributed by atoms with Crippen molar-refractivity contribution in [2.45, 2.75) is 20.3 Å². The second-order valence-corrected chi connectivity index (χ2v) is 4.95. The van der Waals surface area contributed by atoms with Crippen LogP contribution in [0.4, 0.5) is 0 Å². The second-order valence-electron chi connectivity index (χ2n) is 4.54. The molecule has 1 aromatic carbocycles. The zero-order valence-corrected chi connectivity index (χ0v) is 11.9. The summed E-state index contributed by atoms with van der Waals surface area (Å²) < 4.78 is 5.78. The van der Waals surface area contributed by atoms with E-state index in [0.717, 1.165) is 23.1 Å². The number of aromatic nitrogens is 1. The van der Waals surface area contributed by atoms with E-state index in [4.69, 9.17) is 22.1 Å². The summed E-state index contributed by atoms with van der Waals surface area (Å²) in [5, 5.41) is 0.581. The van der Waals surface area contributed by atoms with E-state index in [1.165, 1.54) is 0 Å². The van der Waals surface area contributed by atoms with E-state index in [9.17, 15) is 0 Å². The van der Waals surface area contributed by atoms with Crippen molar-refractivity contribution >= 4 is 11.6 Å². The Balaban J connectivity index is 2.25. The molecule has 3 nitrogen and oxygen atoms in total. The number of nitrogens with two attached hydrogens (primary N) is 1. The summed E-state index contributed by atoms with van der Waals surface area (Å²) in [5.41, 5.74) is 8.72. The first-order chi connectivity index (χ1) is 9.10. The van der Waals surface area contributed by atoms with Gasteiger partial charge in [0.1, 0.15) is 5.75 Å². The van der Waals surface area contributed by atoms with Gasteiger partial charge in [0.15, 0.2) is 0 Å². The van der Waals surface area contributed by atoms with Gasteiger partial charge in [0, 0.05) is 11.8 Å². The quantitative estimate of drug-likeness (QED) is 0.927. The molecule has 100 valence electrons. The molecule has 0 saturated heterocycles. The minimum atomic E-state index is 0.577. The van der Waals surface area contributed by atoms with Crippen molar-refractivity contribution in [3.8, 4) is 11.6 Å². The Kier molecular flexibility index (Phi) is 4.40. The lowest BCUT2D eigenvalue weighted by atomic mass is 10.1. The lowest BCUT2D eigenvalue weighted by Crippen LogP contribution is -2.03. The molecule has 1 aromatic heterocycles. The number of benzene rings is 1. The van der Waals surface area contributed by atoms with E-state index in [2.05, 4.69) is 4.98 Å². The van der Waals surface area contributed by atoms with Crippen LogP contribution in [-0.2, 0) is 6.42 Å². The van der Waals surface area contributed by atoms with Gasteiger partial charge in [0.25, 0.3) is 0 Å². The molecular formula is C15H17ClN2O. The molecular weight excluding hydrogens is 260 g/mol. The van der Waals surface area contributed by atoms with Gasteiger partial charge in [-0.25, -0.2) is 4.98 Å². The largest absolute Gasteiger partial charge is 0.437 e. The van der Waals surface area contributed by atoms with Crippen LogP contribution in [0.25, 0.3) is 0 Å². The molecule has 1 heterocycles. The van der Waals surface area contributed by atoms with Crippen molar-refractivity contribution in [1.29, 1.82) is 0 Å². The standard InChI is InChI=1S/C15H17ClN2O/c1-10-3-4-13(16)14(7-10)19-15-11(2)8-12(5-6-17)9-18-15/h3-4,7-9H,5-6,17H2,1-2H3. The summed E-state index contributed by atoms with van der Waals surface area (Å²) in [5.74, 6) is 1.21. The average molecular weight is 277 g/mol. The molecule has 0 unspecified atom stereocenters. The molecule has 0 aliphatic rings. The van der Waals surface area contributed by atoms with Gasteiger partial charge in [-0.05, 0) is 56.1 Å². The van der Waals surface area contributed by atoms with Crippen LogP contribution < -0.4 is 10.5 Å². The maximum absolute atomic E-state index is 6.11. The first kappa shape index (κ1) is 13.8. The molecule has 2 N–H and O–H groups in total. The van der Waals surface area contributed by atoms with Gasteiger partial charge >= 0.3 is 0 Å². The van der Waals surface area contributed by atoms with Gasteiger partial charge in [-0.3, -0.25) is 0 Å². The Labute approximate surface area is 118 Å². The summed E-state index contributed by atoms with van der Waals surface area (Å²) in [6.07, 6.45) is 2.61. The molecule has 0 spiro atoms. The molecule has 0 radical (unpaired) electrons. The molecule has 4 heteroatoms. The zero-order chi connectivity index (χ0) is 13.8. The van der Waals surface area contributed by atoms with Crippen molar-refractivity contribution in [2.24, 2.45) is 5.73 Å². The van der Waals surface area contributed by atoms with Crippen molar-refractivity contribution in [3.05, 3.63) is 52.2 Å². The Morgan fingerprint density at radius 2 is 2.05 bits per heavy atom. The van der Waals surface area contributed by atoms with Crippen LogP contribution in [0.1, 0.15) is 16.7 Å².